The predicted octanol–water partition coefficient (Wildman–Crippen LogP) is 2.43. The molecule has 0 saturated heterocycles. The van der Waals surface area contributed by atoms with E-state index >= 15 is 0 Å². The first-order valence-electron chi connectivity index (χ1n) is 7.05. The standard InChI is InChI=1S/C15H25N3O/c1-5-13(6-2)18-15(19)12(4)17-11(3)14-9-7-8-10-16-14/h7-13,17H,5-6H2,1-4H3,(H,18,19)/t11-,12?/m0/s1. The lowest BCUT2D eigenvalue weighted by Gasteiger charge is -2.22. The second kappa shape index (κ2) is 7.89. The van der Waals surface area contributed by atoms with Gasteiger partial charge in [0.2, 0.25) is 5.91 Å². The van der Waals surface area contributed by atoms with Crippen molar-refractivity contribution >= 4 is 5.91 Å². The van der Waals surface area contributed by atoms with Gasteiger partial charge in [0.25, 0.3) is 0 Å². The van der Waals surface area contributed by atoms with Gasteiger partial charge in [-0.15, -0.1) is 0 Å². The molecule has 0 aromatic carbocycles. The van der Waals surface area contributed by atoms with Crippen LogP contribution in [0.4, 0.5) is 0 Å². The average molecular weight is 263 g/mol. The zero-order valence-electron chi connectivity index (χ0n) is 12.3. The van der Waals surface area contributed by atoms with Crippen LogP contribution in [0.1, 0.15) is 52.3 Å². The quantitative estimate of drug-likeness (QED) is 0.794. The molecule has 0 fully saturated rings. The van der Waals surface area contributed by atoms with Gasteiger partial charge >= 0.3 is 0 Å². The van der Waals surface area contributed by atoms with Crippen LogP contribution in [0.25, 0.3) is 0 Å². The first kappa shape index (κ1) is 15.6. The molecule has 4 heteroatoms. The minimum Gasteiger partial charge on any atom is -0.352 e. The van der Waals surface area contributed by atoms with Crippen LogP contribution in [0.3, 0.4) is 0 Å². The highest BCUT2D eigenvalue weighted by atomic mass is 16.2. The van der Waals surface area contributed by atoms with E-state index in [-0.39, 0.29) is 24.0 Å². The summed E-state index contributed by atoms with van der Waals surface area (Å²) in [6, 6.07) is 5.90. The minimum absolute atomic E-state index is 0.0523. The monoisotopic (exact) mass is 263 g/mol. The Hall–Kier alpha value is -1.42. The summed E-state index contributed by atoms with van der Waals surface area (Å²) in [6.07, 6.45) is 3.69. The Labute approximate surface area is 116 Å². The number of nitrogens with one attached hydrogen (secondary N) is 2. The van der Waals surface area contributed by atoms with Crippen molar-refractivity contribution in [1.82, 2.24) is 15.6 Å². The fourth-order valence-electron chi connectivity index (χ4n) is 1.99. The molecule has 1 unspecified atom stereocenters. The molecule has 4 nitrogen and oxygen atoms in total. The maximum atomic E-state index is 12.0. The third-order valence-electron chi connectivity index (χ3n) is 3.36. The summed E-state index contributed by atoms with van der Waals surface area (Å²) >= 11 is 0. The van der Waals surface area contributed by atoms with E-state index in [9.17, 15) is 4.79 Å². The number of aromatic nitrogens is 1. The zero-order valence-corrected chi connectivity index (χ0v) is 12.3. The van der Waals surface area contributed by atoms with Crippen LogP contribution in [-0.4, -0.2) is 23.0 Å². The SMILES string of the molecule is CCC(CC)NC(=O)C(C)N[C@@H](C)c1ccccn1. The van der Waals surface area contributed by atoms with Crippen molar-refractivity contribution in [1.29, 1.82) is 0 Å². The Morgan fingerprint density at radius 2 is 1.95 bits per heavy atom. The number of pyridine rings is 1. The smallest absolute Gasteiger partial charge is 0.237 e. The lowest BCUT2D eigenvalue weighted by atomic mass is 10.1. The summed E-state index contributed by atoms with van der Waals surface area (Å²) in [7, 11) is 0. The molecule has 106 valence electrons. The number of carbonyl (C=O) groups is 1. The zero-order chi connectivity index (χ0) is 14.3. The van der Waals surface area contributed by atoms with Crippen molar-refractivity contribution in [2.24, 2.45) is 0 Å². The van der Waals surface area contributed by atoms with Crippen LogP contribution in [-0.2, 0) is 4.79 Å². The average Bonchev–Trinajstić information content (AvgIpc) is 2.45. The third-order valence-corrected chi connectivity index (χ3v) is 3.36. The molecule has 0 bridgehead atoms. The van der Waals surface area contributed by atoms with E-state index in [1.54, 1.807) is 6.20 Å². The molecule has 1 rings (SSSR count). The summed E-state index contributed by atoms with van der Waals surface area (Å²) in [5, 5.41) is 6.33. The van der Waals surface area contributed by atoms with Gasteiger partial charge < -0.3 is 5.32 Å². The molecule has 1 heterocycles. The minimum atomic E-state index is -0.224. The lowest BCUT2D eigenvalue weighted by molar-refractivity contribution is -0.123. The van der Waals surface area contributed by atoms with Gasteiger partial charge in [0, 0.05) is 18.3 Å². The van der Waals surface area contributed by atoms with Crippen molar-refractivity contribution in [3.8, 4) is 0 Å². The number of rotatable bonds is 7. The maximum absolute atomic E-state index is 12.0. The molecule has 0 aliphatic heterocycles. The van der Waals surface area contributed by atoms with Gasteiger partial charge in [-0.05, 0) is 38.8 Å². The summed E-state index contributed by atoms with van der Waals surface area (Å²) < 4.78 is 0. The first-order valence-corrected chi connectivity index (χ1v) is 7.05. The molecule has 1 amide bonds. The normalized spacial score (nSPS) is 14.2. The van der Waals surface area contributed by atoms with Gasteiger partial charge in [0.1, 0.15) is 0 Å². The van der Waals surface area contributed by atoms with Gasteiger partial charge in [0.05, 0.1) is 11.7 Å². The summed E-state index contributed by atoms with van der Waals surface area (Å²) in [5.41, 5.74) is 0.949. The maximum Gasteiger partial charge on any atom is 0.237 e. The Bertz CT molecular complexity index is 376. The van der Waals surface area contributed by atoms with E-state index in [1.807, 2.05) is 32.0 Å². The van der Waals surface area contributed by atoms with Crippen LogP contribution < -0.4 is 10.6 Å². The summed E-state index contributed by atoms with van der Waals surface area (Å²) in [6.45, 7) is 8.08. The van der Waals surface area contributed by atoms with Gasteiger partial charge in [0.15, 0.2) is 0 Å². The molecule has 0 aliphatic carbocycles. The number of carbonyl (C=O) groups excluding carboxylic acids is 1. The van der Waals surface area contributed by atoms with Gasteiger partial charge in [-0.1, -0.05) is 19.9 Å². The number of amides is 1. The van der Waals surface area contributed by atoms with Crippen molar-refractivity contribution in [3.63, 3.8) is 0 Å². The predicted molar refractivity (Wildman–Crippen MR) is 77.8 cm³/mol. The van der Waals surface area contributed by atoms with Crippen molar-refractivity contribution in [2.45, 2.75) is 58.7 Å². The molecule has 19 heavy (non-hydrogen) atoms. The van der Waals surface area contributed by atoms with Crippen LogP contribution in [0.15, 0.2) is 24.4 Å². The molecule has 0 spiro atoms. The molecular formula is C15H25N3O. The molecule has 1 aromatic heterocycles. The molecular weight excluding hydrogens is 238 g/mol. The van der Waals surface area contributed by atoms with Crippen molar-refractivity contribution < 1.29 is 4.79 Å². The molecule has 0 aliphatic rings. The number of hydrogen-bond donors (Lipinski definition) is 2. The fraction of sp³-hybridized carbons (Fsp3) is 0.600. The van der Waals surface area contributed by atoms with Gasteiger partial charge in [-0.2, -0.15) is 0 Å². The lowest BCUT2D eigenvalue weighted by Crippen LogP contribution is -2.46. The Balaban J connectivity index is 2.50. The molecule has 2 N–H and O–H groups in total. The summed E-state index contributed by atoms with van der Waals surface area (Å²) in [4.78, 5) is 16.3. The topological polar surface area (TPSA) is 54.0 Å². The Kier molecular flexibility index (Phi) is 6.50. The summed E-state index contributed by atoms with van der Waals surface area (Å²) in [5.74, 6) is 0.0523. The van der Waals surface area contributed by atoms with Crippen molar-refractivity contribution in [3.05, 3.63) is 30.1 Å². The molecule has 0 saturated carbocycles. The number of hydrogen-bond acceptors (Lipinski definition) is 3. The second-order valence-corrected chi connectivity index (χ2v) is 4.89. The van der Waals surface area contributed by atoms with E-state index in [2.05, 4.69) is 29.5 Å². The van der Waals surface area contributed by atoms with Crippen molar-refractivity contribution in [2.75, 3.05) is 0 Å². The van der Waals surface area contributed by atoms with E-state index in [4.69, 9.17) is 0 Å². The van der Waals surface area contributed by atoms with Crippen LogP contribution >= 0.6 is 0 Å². The van der Waals surface area contributed by atoms with Gasteiger partial charge in [-0.3, -0.25) is 15.1 Å². The van der Waals surface area contributed by atoms with Crippen LogP contribution in [0, 0.1) is 0 Å². The van der Waals surface area contributed by atoms with Gasteiger partial charge in [-0.25, -0.2) is 0 Å². The molecule has 1 aromatic rings. The van der Waals surface area contributed by atoms with E-state index in [1.165, 1.54) is 0 Å². The molecule has 0 radical (unpaired) electrons. The highest BCUT2D eigenvalue weighted by Gasteiger charge is 2.18. The Morgan fingerprint density at radius 1 is 1.26 bits per heavy atom. The molecule has 2 atom stereocenters. The second-order valence-electron chi connectivity index (χ2n) is 4.89. The largest absolute Gasteiger partial charge is 0.352 e. The highest BCUT2D eigenvalue weighted by molar-refractivity contribution is 5.81. The first-order chi connectivity index (χ1) is 9.08. The fourth-order valence-corrected chi connectivity index (χ4v) is 1.99. The van der Waals surface area contributed by atoms with Crippen LogP contribution in [0.5, 0.6) is 0 Å². The highest BCUT2D eigenvalue weighted by Crippen LogP contribution is 2.09. The van der Waals surface area contributed by atoms with E-state index in [0.29, 0.717) is 0 Å². The Morgan fingerprint density at radius 3 is 2.47 bits per heavy atom. The van der Waals surface area contributed by atoms with E-state index in [0.717, 1.165) is 18.5 Å². The number of nitrogens with zero attached hydrogens (tertiary/aromatic N) is 1. The van der Waals surface area contributed by atoms with E-state index < -0.39 is 0 Å². The third kappa shape index (κ3) is 4.99. The van der Waals surface area contributed by atoms with Crippen LogP contribution in [0.2, 0.25) is 0 Å².